The van der Waals surface area contributed by atoms with Gasteiger partial charge in [-0.3, -0.25) is 14.7 Å². The van der Waals surface area contributed by atoms with Gasteiger partial charge in [-0.1, -0.05) is 24.3 Å². The number of hydrogen-bond donors (Lipinski definition) is 3. The van der Waals surface area contributed by atoms with E-state index in [-0.39, 0.29) is 29.2 Å². The van der Waals surface area contributed by atoms with Gasteiger partial charge in [-0.05, 0) is 29.8 Å². The summed E-state index contributed by atoms with van der Waals surface area (Å²) in [6.45, 7) is -0.228. The van der Waals surface area contributed by atoms with E-state index in [4.69, 9.17) is 10.5 Å². The van der Waals surface area contributed by atoms with Gasteiger partial charge in [-0.15, -0.1) is 13.2 Å². The van der Waals surface area contributed by atoms with Gasteiger partial charge in [0.25, 0.3) is 11.8 Å². The molecule has 0 spiro atoms. The number of nitrogens with zero attached hydrogens (tertiary/aromatic N) is 2. The normalized spacial score (nSPS) is 11.3. The lowest BCUT2D eigenvalue weighted by atomic mass is 10.0. The summed E-state index contributed by atoms with van der Waals surface area (Å²) in [5.41, 5.74) is 7.39. The molecule has 2 heterocycles. The molecule has 4 rings (SSSR count). The van der Waals surface area contributed by atoms with Gasteiger partial charge >= 0.3 is 6.36 Å². The van der Waals surface area contributed by atoms with Crippen LogP contribution in [0.1, 0.15) is 26.4 Å². The van der Waals surface area contributed by atoms with Crippen molar-refractivity contribution in [1.82, 2.24) is 20.5 Å². The number of alkyl halides is 3. The van der Waals surface area contributed by atoms with Crippen LogP contribution in [0.4, 0.5) is 13.2 Å². The SMILES string of the molecule is COc1ncc(-c2ccc3c(C(N)=O)n[nH]c3c2)cc1C(=O)NCc1ccccc1OC(F)(F)F. The maximum atomic E-state index is 12.9. The highest BCUT2D eigenvalue weighted by Gasteiger charge is 2.32. The Morgan fingerprint density at radius 1 is 1.11 bits per heavy atom. The third-order valence-electron chi connectivity index (χ3n) is 5.06. The molecule has 35 heavy (non-hydrogen) atoms. The van der Waals surface area contributed by atoms with Crippen molar-refractivity contribution < 1.29 is 32.2 Å². The molecule has 0 atom stereocenters. The van der Waals surface area contributed by atoms with E-state index < -0.39 is 23.9 Å². The average molecular weight is 485 g/mol. The highest BCUT2D eigenvalue weighted by molar-refractivity contribution is 6.04. The summed E-state index contributed by atoms with van der Waals surface area (Å²) in [6, 6.07) is 12.1. The second kappa shape index (κ2) is 9.33. The second-order valence-electron chi connectivity index (χ2n) is 7.32. The number of primary amides is 1. The molecule has 2 aromatic carbocycles. The molecule has 4 N–H and O–H groups in total. The highest BCUT2D eigenvalue weighted by Crippen LogP contribution is 2.29. The first-order valence-corrected chi connectivity index (χ1v) is 10.1. The number of pyridine rings is 1. The molecule has 0 aliphatic heterocycles. The molecule has 180 valence electrons. The summed E-state index contributed by atoms with van der Waals surface area (Å²) in [4.78, 5) is 28.6. The molecule has 4 aromatic rings. The largest absolute Gasteiger partial charge is 0.573 e. The van der Waals surface area contributed by atoms with E-state index in [9.17, 15) is 22.8 Å². The summed E-state index contributed by atoms with van der Waals surface area (Å²) >= 11 is 0. The Labute approximate surface area is 196 Å². The van der Waals surface area contributed by atoms with E-state index >= 15 is 0 Å². The van der Waals surface area contributed by atoms with Crippen LogP contribution in [0.15, 0.2) is 54.7 Å². The predicted molar refractivity (Wildman–Crippen MR) is 119 cm³/mol. The van der Waals surface area contributed by atoms with Crippen LogP contribution in [-0.2, 0) is 6.54 Å². The van der Waals surface area contributed by atoms with Crippen LogP contribution in [-0.4, -0.2) is 40.5 Å². The van der Waals surface area contributed by atoms with Gasteiger partial charge in [0.05, 0.1) is 12.6 Å². The van der Waals surface area contributed by atoms with Crippen molar-refractivity contribution in [3.05, 3.63) is 71.5 Å². The number of rotatable bonds is 7. The van der Waals surface area contributed by atoms with Crippen LogP contribution in [0.25, 0.3) is 22.0 Å². The smallest absolute Gasteiger partial charge is 0.480 e. The van der Waals surface area contributed by atoms with Crippen molar-refractivity contribution in [2.24, 2.45) is 5.73 Å². The van der Waals surface area contributed by atoms with Crippen molar-refractivity contribution in [3.8, 4) is 22.8 Å². The number of aromatic nitrogens is 3. The number of aromatic amines is 1. The van der Waals surface area contributed by atoms with Gasteiger partial charge < -0.3 is 20.5 Å². The number of ether oxygens (including phenoxy) is 2. The van der Waals surface area contributed by atoms with Crippen molar-refractivity contribution in [1.29, 1.82) is 0 Å². The van der Waals surface area contributed by atoms with E-state index in [1.807, 2.05) is 0 Å². The zero-order valence-electron chi connectivity index (χ0n) is 18.1. The van der Waals surface area contributed by atoms with E-state index in [1.165, 1.54) is 37.6 Å². The number of fused-ring (bicyclic) bond motifs is 1. The van der Waals surface area contributed by atoms with Gasteiger partial charge in [0.15, 0.2) is 5.69 Å². The Morgan fingerprint density at radius 3 is 2.60 bits per heavy atom. The third kappa shape index (κ3) is 5.16. The molecule has 0 bridgehead atoms. The van der Waals surface area contributed by atoms with Crippen LogP contribution in [0.2, 0.25) is 0 Å². The number of carbonyl (C=O) groups excluding carboxylic acids is 2. The molecular formula is C23H18F3N5O4. The van der Waals surface area contributed by atoms with Gasteiger partial charge in [-0.25, -0.2) is 4.98 Å². The molecule has 0 unspecified atom stereocenters. The van der Waals surface area contributed by atoms with Gasteiger partial charge in [0.1, 0.15) is 11.3 Å². The minimum absolute atomic E-state index is 0.0321. The fraction of sp³-hybridized carbons (Fsp3) is 0.130. The van der Waals surface area contributed by atoms with Gasteiger partial charge in [-0.2, -0.15) is 5.10 Å². The summed E-state index contributed by atoms with van der Waals surface area (Å²) in [5, 5.41) is 9.75. The first-order chi connectivity index (χ1) is 16.7. The maximum Gasteiger partial charge on any atom is 0.573 e. The molecule has 0 aliphatic rings. The number of halogens is 3. The van der Waals surface area contributed by atoms with Crippen LogP contribution >= 0.6 is 0 Å². The Hall–Kier alpha value is -4.61. The highest BCUT2D eigenvalue weighted by atomic mass is 19.4. The molecule has 9 nitrogen and oxygen atoms in total. The van der Waals surface area contributed by atoms with Crippen LogP contribution in [0.5, 0.6) is 11.6 Å². The number of H-pyrrole nitrogens is 1. The number of nitrogens with two attached hydrogens (primary N) is 1. The summed E-state index contributed by atoms with van der Waals surface area (Å²) < 4.78 is 47.2. The lowest BCUT2D eigenvalue weighted by molar-refractivity contribution is -0.274. The fourth-order valence-corrected chi connectivity index (χ4v) is 3.47. The Kier molecular flexibility index (Phi) is 6.28. The second-order valence-corrected chi connectivity index (χ2v) is 7.32. The molecule has 0 saturated carbocycles. The number of methoxy groups -OCH3 is 1. The molecule has 2 amide bonds. The molecule has 12 heteroatoms. The Balaban J connectivity index is 1.60. The number of carbonyl (C=O) groups is 2. The first kappa shape index (κ1) is 23.5. The number of benzene rings is 2. The van der Waals surface area contributed by atoms with Gasteiger partial charge in [0, 0.05) is 29.3 Å². The number of amides is 2. The summed E-state index contributed by atoms with van der Waals surface area (Å²) in [5.74, 6) is -1.67. The van der Waals surface area contributed by atoms with Crippen LogP contribution < -0.4 is 20.5 Å². The first-order valence-electron chi connectivity index (χ1n) is 10.1. The third-order valence-corrected chi connectivity index (χ3v) is 5.06. The van der Waals surface area contributed by atoms with E-state index in [2.05, 4.69) is 25.2 Å². The van der Waals surface area contributed by atoms with Crippen molar-refractivity contribution in [2.45, 2.75) is 12.9 Å². The van der Waals surface area contributed by atoms with E-state index in [0.717, 1.165) is 6.07 Å². The average Bonchev–Trinajstić information content (AvgIpc) is 3.25. The quantitative estimate of drug-likeness (QED) is 0.367. The molecule has 0 aliphatic carbocycles. The zero-order valence-corrected chi connectivity index (χ0v) is 18.1. The summed E-state index contributed by atoms with van der Waals surface area (Å²) in [6.07, 6.45) is -3.37. The summed E-state index contributed by atoms with van der Waals surface area (Å²) in [7, 11) is 1.34. The molecular weight excluding hydrogens is 467 g/mol. The Morgan fingerprint density at radius 2 is 1.89 bits per heavy atom. The maximum absolute atomic E-state index is 12.9. The standard InChI is InChI=1S/C23H18F3N5O4/c1-34-22-16(21(33)28-10-13-4-2-3-5-18(13)35-23(24,25)26)8-14(11-29-22)12-6-7-15-17(9-12)30-31-19(15)20(27)32/h2-9,11H,10H2,1H3,(H2,27,32)(H,28,33)(H,30,31). The predicted octanol–water partition coefficient (Wildman–Crippen LogP) is 3.56. The molecule has 0 fully saturated rings. The Bertz CT molecular complexity index is 1420. The van der Waals surface area contributed by atoms with E-state index in [1.54, 1.807) is 18.2 Å². The van der Waals surface area contributed by atoms with Crippen molar-refractivity contribution >= 4 is 22.7 Å². The number of para-hydroxylation sites is 1. The monoisotopic (exact) mass is 485 g/mol. The fourth-order valence-electron chi connectivity index (χ4n) is 3.47. The van der Waals surface area contributed by atoms with Gasteiger partial charge in [0.2, 0.25) is 5.88 Å². The zero-order chi connectivity index (χ0) is 25.2. The molecule has 2 aromatic heterocycles. The lowest BCUT2D eigenvalue weighted by Crippen LogP contribution is -2.25. The lowest BCUT2D eigenvalue weighted by Gasteiger charge is -2.14. The van der Waals surface area contributed by atoms with Crippen molar-refractivity contribution in [3.63, 3.8) is 0 Å². The van der Waals surface area contributed by atoms with Crippen LogP contribution in [0.3, 0.4) is 0 Å². The minimum atomic E-state index is -4.87. The molecule has 0 saturated heterocycles. The van der Waals surface area contributed by atoms with E-state index in [0.29, 0.717) is 22.0 Å². The molecule has 0 radical (unpaired) electrons. The van der Waals surface area contributed by atoms with Crippen LogP contribution in [0, 0.1) is 0 Å². The minimum Gasteiger partial charge on any atom is -0.480 e. The number of nitrogens with one attached hydrogen (secondary N) is 2. The van der Waals surface area contributed by atoms with Crippen molar-refractivity contribution in [2.75, 3.05) is 7.11 Å². The number of hydrogen-bond acceptors (Lipinski definition) is 6. The topological polar surface area (TPSA) is 132 Å².